The Labute approximate surface area is 123 Å². The van der Waals surface area contributed by atoms with Crippen LogP contribution in [0.4, 0.5) is 0 Å². The second-order valence-corrected chi connectivity index (χ2v) is 6.24. The third kappa shape index (κ3) is 2.48. The van der Waals surface area contributed by atoms with Crippen LogP contribution in [0.3, 0.4) is 0 Å². The van der Waals surface area contributed by atoms with Gasteiger partial charge in [0.05, 0.1) is 6.04 Å². The lowest BCUT2D eigenvalue weighted by Gasteiger charge is -2.23. The number of aryl methyl sites for hydroxylation is 2. The first-order valence-electron chi connectivity index (χ1n) is 6.95. The van der Waals surface area contributed by atoms with Crippen molar-refractivity contribution in [3.63, 3.8) is 0 Å². The normalized spacial score (nSPS) is 18.5. The fraction of sp³-hybridized carbons (Fsp3) is 0.375. The Kier molecular flexibility index (Phi) is 3.57. The lowest BCUT2D eigenvalue weighted by molar-refractivity contribution is 0.0735. The van der Waals surface area contributed by atoms with Crippen LogP contribution in [0, 0.1) is 13.8 Å². The van der Waals surface area contributed by atoms with E-state index in [4.69, 9.17) is 0 Å². The zero-order chi connectivity index (χ0) is 14.1. The fourth-order valence-electron chi connectivity index (χ4n) is 2.74. The number of hydrogen-bond donors (Lipinski definition) is 0. The lowest BCUT2D eigenvalue weighted by atomic mass is 10.1. The monoisotopic (exact) mass is 286 g/mol. The molecule has 104 valence electrons. The van der Waals surface area contributed by atoms with Crippen LogP contribution in [-0.2, 0) is 0 Å². The molecule has 20 heavy (non-hydrogen) atoms. The number of aromatic nitrogens is 1. The van der Waals surface area contributed by atoms with Crippen LogP contribution in [0.2, 0.25) is 0 Å². The van der Waals surface area contributed by atoms with Gasteiger partial charge in [-0.1, -0.05) is 17.7 Å². The molecular weight excluding hydrogens is 268 g/mol. The summed E-state index contributed by atoms with van der Waals surface area (Å²) in [6.45, 7) is 4.85. The summed E-state index contributed by atoms with van der Waals surface area (Å²) < 4.78 is 0. The van der Waals surface area contributed by atoms with Crippen LogP contribution in [0.25, 0.3) is 0 Å². The number of likely N-dealkylation sites (tertiary alicyclic amines) is 1. The van der Waals surface area contributed by atoms with Crippen molar-refractivity contribution in [2.45, 2.75) is 32.7 Å². The predicted octanol–water partition coefficient (Wildman–Crippen LogP) is 3.74. The van der Waals surface area contributed by atoms with E-state index in [1.165, 1.54) is 0 Å². The number of thiazole rings is 1. The van der Waals surface area contributed by atoms with Gasteiger partial charge in [0, 0.05) is 23.2 Å². The second kappa shape index (κ2) is 5.37. The van der Waals surface area contributed by atoms with Crippen molar-refractivity contribution >= 4 is 17.2 Å². The Morgan fingerprint density at radius 2 is 2.25 bits per heavy atom. The maximum absolute atomic E-state index is 12.7. The van der Waals surface area contributed by atoms with Crippen LogP contribution in [0.15, 0.2) is 29.6 Å². The Morgan fingerprint density at radius 3 is 2.95 bits per heavy atom. The van der Waals surface area contributed by atoms with Crippen molar-refractivity contribution in [1.29, 1.82) is 0 Å². The van der Waals surface area contributed by atoms with Crippen molar-refractivity contribution in [3.05, 3.63) is 51.5 Å². The highest BCUT2D eigenvalue weighted by Crippen LogP contribution is 2.34. The number of carbonyl (C=O) groups excluding carboxylic acids is 1. The summed E-state index contributed by atoms with van der Waals surface area (Å²) in [5.74, 6) is 0.129. The minimum Gasteiger partial charge on any atom is -0.329 e. The first-order valence-corrected chi connectivity index (χ1v) is 7.83. The standard InChI is InChI=1S/C16H18N2OS/c1-11-5-3-6-13(9-11)16(19)18-8-4-7-14(18)15-17-12(2)10-20-15/h3,5-6,9-10,14H,4,7-8H2,1-2H3. The predicted molar refractivity (Wildman–Crippen MR) is 81.0 cm³/mol. The minimum atomic E-state index is 0.129. The molecule has 1 aliphatic heterocycles. The molecule has 1 aromatic carbocycles. The molecule has 0 aliphatic carbocycles. The molecule has 1 aliphatic rings. The molecule has 1 amide bonds. The molecule has 1 atom stereocenters. The van der Waals surface area contributed by atoms with E-state index >= 15 is 0 Å². The van der Waals surface area contributed by atoms with Gasteiger partial charge in [0.1, 0.15) is 5.01 Å². The van der Waals surface area contributed by atoms with Crippen molar-refractivity contribution in [2.75, 3.05) is 6.54 Å². The average molecular weight is 286 g/mol. The first kappa shape index (κ1) is 13.3. The van der Waals surface area contributed by atoms with Crippen molar-refractivity contribution in [3.8, 4) is 0 Å². The maximum atomic E-state index is 12.7. The molecule has 0 bridgehead atoms. The van der Waals surface area contributed by atoms with E-state index in [0.29, 0.717) is 0 Å². The molecule has 2 aromatic rings. The SMILES string of the molecule is Cc1cccc(C(=O)N2CCCC2c2nc(C)cs2)c1. The zero-order valence-electron chi connectivity index (χ0n) is 11.8. The van der Waals surface area contributed by atoms with Gasteiger partial charge in [-0.3, -0.25) is 4.79 Å². The Bertz CT molecular complexity index is 635. The molecule has 0 radical (unpaired) electrons. The smallest absolute Gasteiger partial charge is 0.254 e. The van der Waals surface area contributed by atoms with E-state index < -0.39 is 0 Å². The maximum Gasteiger partial charge on any atom is 0.254 e. The number of hydrogen-bond acceptors (Lipinski definition) is 3. The van der Waals surface area contributed by atoms with Crippen LogP contribution in [0.5, 0.6) is 0 Å². The molecule has 0 N–H and O–H groups in total. The summed E-state index contributed by atoms with van der Waals surface area (Å²) in [6.07, 6.45) is 2.07. The van der Waals surface area contributed by atoms with Gasteiger partial charge in [-0.05, 0) is 38.8 Å². The number of nitrogens with zero attached hydrogens (tertiary/aromatic N) is 2. The largest absolute Gasteiger partial charge is 0.329 e. The molecule has 1 saturated heterocycles. The summed E-state index contributed by atoms with van der Waals surface area (Å²) in [4.78, 5) is 19.2. The highest BCUT2D eigenvalue weighted by molar-refractivity contribution is 7.09. The third-order valence-corrected chi connectivity index (χ3v) is 4.76. The van der Waals surface area contributed by atoms with E-state index in [0.717, 1.165) is 41.2 Å². The van der Waals surface area contributed by atoms with Crippen molar-refractivity contribution in [1.82, 2.24) is 9.88 Å². The fourth-order valence-corrected chi connectivity index (χ4v) is 3.68. The lowest BCUT2D eigenvalue weighted by Crippen LogP contribution is -2.30. The molecule has 4 heteroatoms. The molecule has 3 rings (SSSR count). The summed E-state index contributed by atoms with van der Waals surface area (Å²) in [7, 11) is 0. The summed E-state index contributed by atoms with van der Waals surface area (Å²) >= 11 is 1.66. The first-order chi connectivity index (χ1) is 9.65. The van der Waals surface area contributed by atoms with E-state index in [-0.39, 0.29) is 11.9 Å². The summed E-state index contributed by atoms with van der Waals surface area (Å²) in [5, 5.41) is 3.13. The number of carbonyl (C=O) groups is 1. The summed E-state index contributed by atoms with van der Waals surface area (Å²) in [6, 6.07) is 7.98. The van der Waals surface area contributed by atoms with Gasteiger partial charge >= 0.3 is 0 Å². The van der Waals surface area contributed by atoms with Crippen molar-refractivity contribution < 1.29 is 4.79 Å². The van der Waals surface area contributed by atoms with Gasteiger partial charge in [-0.15, -0.1) is 11.3 Å². The van der Waals surface area contributed by atoms with Gasteiger partial charge in [-0.2, -0.15) is 0 Å². The Balaban J connectivity index is 1.87. The number of rotatable bonds is 2. The molecule has 0 saturated carbocycles. The molecule has 0 spiro atoms. The highest BCUT2D eigenvalue weighted by Gasteiger charge is 2.32. The number of amides is 1. The average Bonchev–Trinajstić information content (AvgIpc) is 3.06. The van der Waals surface area contributed by atoms with Crippen LogP contribution >= 0.6 is 11.3 Å². The molecule has 2 heterocycles. The van der Waals surface area contributed by atoms with Crippen LogP contribution in [0.1, 0.15) is 45.5 Å². The van der Waals surface area contributed by atoms with E-state index in [1.807, 2.05) is 43.0 Å². The molecule has 1 unspecified atom stereocenters. The van der Waals surface area contributed by atoms with Gasteiger partial charge in [0.15, 0.2) is 0 Å². The zero-order valence-corrected chi connectivity index (χ0v) is 12.6. The molecular formula is C16H18N2OS. The van der Waals surface area contributed by atoms with Gasteiger partial charge < -0.3 is 4.90 Å². The quantitative estimate of drug-likeness (QED) is 0.842. The van der Waals surface area contributed by atoms with Gasteiger partial charge in [-0.25, -0.2) is 4.98 Å². The number of benzene rings is 1. The minimum absolute atomic E-state index is 0.129. The third-order valence-electron chi connectivity index (χ3n) is 3.70. The topological polar surface area (TPSA) is 33.2 Å². The highest BCUT2D eigenvalue weighted by atomic mass is 32.1. The van der Waals surface area contributed by atoms with E-state index in [9.17, 15) is 4.79 Å². The van der Waals surface area contributed by atoms with Crippen molar-refractivity contribution in [2.24, 2.45) is 0 Å². The summed E-state index contributed by atoms with van der Waals surface area (Å²) in [5.41, 5.74) is 2.95. The van der Waals surface area contributed by atoms with E-state index in [2.05, 4.69) is 10.4 Å². The van der Waals surface area contributed by atoms with Crippen LogP contribution in [-0.4, -0.2) is 22.3 Å². The van der Waals surface area contributed by atoms with Crippen LogP contribution < -0.4 is 0 Å². The second-order valence-electron chi connectivity index (χ2n) is 5.35. The van der Waals surface area contributed by atoms with Gasteiger partial charge in [0.25, 0.3) is 5.91 Å². The van der Waals surface area contributed by atoms with E-state index in [1.54, 1.807) is 11.3 Å². The molecule has 1 aromatic heterocycles. The Hall–Kier alpha value is -1.68. The molecule has 1 fully saturated rings. The van der Waals surface area contributed by atoms with Gasteiger partial charge in [0.2, 0.25) is 0 Å². The Morgan fingerprint density at radius 1 is 1.40 bits per heavy atom. The molecule has 3 nitrogen and oxygen atoms in total.